The van der Waals surface area contributed by atoms with Gasteiger partial charge in [0.25, 0.3) is 11.1 Å². The maximum Gasteiger partial charge on any atom is 0.293 e. The SMILES string of the molecule is Cc1ccc(CCC(=O)NCCN2C(=O)S/C(=C\c3ccc(F)cc3)C2=O)c(C)c1. The van der Waals surface area contributed by atoms with Crippen LogP contribution >= 0.6 is 11.8 Å². The van der Waals surface area contributed by atoms with Crippen LogP contribution in [0.25, 0.3) is 6.08 Å². The van der Waals surface area contributed by atoms with Crippen LogP contribution in [0.15, 0.2) is 47.4 Å². The van der Waals surface area contributed by atoms with Crippen molar-refractivity contribution in [2.24, 2.45) is 0 Å². The molecule has 1 N–H and O–H groups in total. The fourth-order valence-corrected chi connectivity index (χ4v) is 4.04. The molecule has 1 aliphatic rings. The van der Waals surface area contributed by atoms with Crippen LogP contribution < -0.4 is 5.32 Å². The largest absolute Gasteiger partial charge is 0.354 e. The van der Waals surface area contributed by atoms with Gasteiger partial charge in [-0.1, -0.05) is 35.9 Å². The minimum atomic E-state index is -0.404. The molecular weight excluding hydrogens is 403 g/mol. The Bertz CT molecular complexity index is 1000. The summed E-state index contributed by atoms with van der Waals surface area (Å²) in [7, 11) is 0. The van der Waals surface area contributed by atoms with Gasteiger partial charge in [-0.25, -0.2) is 4.39 Å². The van der Waals surface area contributed by atoms with Crippen molar-refractivity contribution in [1.82, 2.24) is 10.2 Å². The van der Waals surface area contributed by atoms with Crippen LogP contribution in [-0.2, 0) is 16.0 Å². The lowest BCUT2D eigenvalue weighted by molar-refractivity contribution is -0.124. The Morgan fingerprint density at radius 2 is 1.87 bits per heavy atom. The molecular formula is C23H23FN2O3S. The Morgan fingerprint density at radius 3 is 2.57 bits per heavy atom. The number of aryl methyl sites for hydroxylation is 3. The Kier molecular flexibility index (Phi) is 7.05. The van der Waals surface area contributed by atoms with Gasteiger partial charge in [-0.15, -0.1) is 0 Å². The van der Waals surface area contributed by atoms with Crippen LogP contribution in [0.2, 0.25) is 0 Å². The van der Waals surface area contributed by atoms with Gasteiger partial charge in [0.05, 0.1) is 4.91 Å². The van der Waals surface area contributed by atoms with Gasteiger partial charge in [-0.05, 0) is 66.9 Å². The normalized spacial score (nSPS) is 15.2. The second-order valence-corrected chi connectivity index (χ2v) is 8.16. The molecule has 1 heterocycles. The van der Waals surface area contributed by atoms with Crippen molar-refractivity contribution in [2.45, 2.75) is 26.7 Å². The molecule has 0 bridgehead atoms. The van der Waals surface area contributed by atoms with Gasteiger partial charge < -0.3 is 5.32 Å². The number of nitrogens with zero attached hydrogens (tertiary/aromatic N) is 1. The van der Waals surface area contributed by atoms with E-state index in [1.807, 2.05) is 26.0 Å². The van der Waals surface area contributed by atoms with Crippen molar-refractivity contribution in [3.63, 3.8) is 0 Å². The Labute approximate surface area is 179 Å². The smallest absolute Gasteiger partial charge is 0.293 e. The third-order valence-corrected chi connectivity index (χ3v) is 5.73. The lowest BCUT2D eigenvalue weighted by atomic mass is 10.0. The van der Waals surface area contributed by atoms with Gasteiger partial charge >= 0.3 is 0 Å². The second-order valence-electron chi connectivity index (χ2n) is 7.16. The number of rotatable bonds is 7. The van der Waals surface area contributed by atoms with E-state index in [1.165, 1.54) is 17.7 Å². The van der Waals surface area contributed by atoms with E-state index in [1.54, 1.807) is 18.2 Å². The Balaban J connectivity index is 1.48. The quantitative estimate of drug-likeness (QED) is 0.673. The van der Waals surface area contributed by atoms with Crippen LogP contribution in [0.4, 0.5) is 9.18 Å². The van der Waals surface area contributed by atoms with Gasteiger partial charge in [0.1, 0.15) is 5.82 Å². The van der Waals surface area contributed by atoms with Crippen molar-refractivity contribution in [3.05, 3.63) is 75.4 Å². The first-order valence-corrected chi connectivity index (χ1v) is 10.5. The first kappa shape index (κ1) is 21.8. The number of imide groups is 1. The molecule has 1 fully saturated rings. The monoisotopic (exact) mass is 426 g/mol. The number of carbonyl (C=O) groups is 3. The maximum atomic E-state index is 13.0. The fourth-order valence-electron chi connectivity index (χ4n) is 3.17. The first-order chi connectivity index (χ1) is 14.3. The van der Waals surface area contributed by atoms with Crippen molar-refractivity contribution in [2.75, 3.05) is 13.1 Å². The van der Waals surface area contributed by atoms with Crippen molar-refractivity contribution in [3.8, 4) is 0 Å². The fraction of sp³-hybridized carbons (Fsp3) is 0.261. The molecule has 7 heteroatoms. The van der Waals surface area contributed by atoms with Crippen molar-refractivity contribution >= 4 is 34.9 Å². The molecule has 0 spiro atoms. The van der Waals surface area contributed by atoms with Crippen LogP contribution in [0.3, 0.4) is 0 Å². The molecule has 0 atom stereocenters. The number of benzene rings is 2. The van der Waals surface area contributed by atoms with Gasteiger partial charge in [0.2, 0.25) is 5.91 Å². The number of thioether (sulfide) groups is 1. The molecule has 1 saturated heterocycles. The van der Waals surface area contributed by atoms with E-state index in [2.05, 4.69) is 11.4 Å². The summed E-state index contributed by atoms with van der Waals surface area (Å²) in [6, 6.07) is 11.8. The van der Waals surface area contributed by atoms with Crippen LogP contribution in [0, 0.1) is 19.7 Å². The highest BCUT2D eigenvalue weighted by Crippen LogP contribution is 2.31. The molecule has 3 rings (SSSR count). The first-order valence-electron chi connectivity index (χ1n) is 9.67. The molecule has 0 unspecified atom stereocenters. The van der Waals surface area contributed by atoms with Crippen LogP contribution in [-0.4, -0.2) is 35.0 Å². The van der Waals surface area contributed by atoms with Gasteiger partial charge in [0, 0.05) is 19.5 Å². The third-order valence-electron chi connectivity index (χ3n) is 4.82. The maximum absolute atomic E-state index is 13.0. The van der Waals surface area contributed by atoms with E-state index in [-0.39, 0.29) is 35.0 Å². The van der Waals surface area contributed by atoms with Crippen LogP contribution in [0.5, 0.6) is 0 Å². The zero-order chi connectivity index (χ0) is 21.7. The van der Waals surface area contributed by atoms with E-state index < -0.39 is 5.91 Å². The minimum absolute atomic E-state index is 0.112. The number of halogens is 1. The highest BCUT2D eigenvalue weighted by Gasteiger charge is 2.34. The third kappa shape index (κ3) is 5.57. The molecule has 1 aliphatic heterocycles. The van der Waals surface area contributed by atoms with Gasteiger partial charge in [0.15, 0.2) is 0 Å². The predicted octanol–water partition coefficient (Wildman–Crippen LogP) is 4.23. The molecule has 0 aromatic heterocycles. The van der Waals surface area contributed by atoms with E-state index >= 15 is 0 Å². The van der Waals surface area contributed by atoms with Crippen LogP contribution in [0.1, 0.15) is 28.7 Å². The lowest BCUT2D eigenvalue weighted by Crippen LogP contribution is -2.37. The molecule has 30 heavy (non-hydrogen) atoms. The summed E-state index contributed by atoms with van der Waals surface area (Å²) in [6.07, 6.45) is 2.54. The zero-order valence-corrected chi connectivity index (χ0v) is 17.7. The Morgan fingerprint density at radius 1 is 1.13 bits per heavy atom. The number of hydrogen-bond donors (Lipinski definition) is 1. The average Bonchev–Trinajstić information content (AvgIpc) is 2.96. The standard InChI is InChI=1S/C23H23FN2O3S/c1-15-3-6-18(16(2)13-15)7-10-21(27)25-11-12-26-22(28)20(30-23(26)29)14-17-4-8-19(24)9-5-17/h3-6,8-9,13-14H,7,10-12H2,1-2H3,(H,25,27)/b20-14-. The summed E-state index contributed by atoms with van der Waals surface area (Å²) < 4.78 is 13.0. The summed E-state index contributed by atoms with van der Waals surface area (Å²) in [5.41, 5.74) is 4.12. The molecule has 3 amide bonds. The van der Waals surface area contributed by atoms with Gasteiger partial charge in [-0.3, -0.25) is 19.3 Å². The second kappa shape index (κ2) is 9.71. The number of amides is 3. The summed E-state index contributed by atoms with van der Waals surface area (Å²) in [5.74, 6) is -0.892. The Hall–Kier alpha value is -2.93. The number of carbonyl (C=O) groups excluding carboxylic acids is 3. The summed E-state index contributed by atoms with van der Waals surface area (Å²) in [5, 5.41) is 2.39. The van der Waals surface area contributed by atoms with E-state index in [0.717, 1.165) is 27.8 Å². The summed E-state index contributed by atoms with van der Waals surface area (Å²) in [4.78, 5) is 38.1. The molecule has 0 aliphatic carbocycles. The molecule has 0 radical (unpaired) electrons. The molecule has 2 aromatic rings. The average molecular weight is 427 g/mol. The predicted molar refractivity (Wildman–Crippen MR) is 116 cm³/mol. The van der Waals surface area contributed by atoms with E-state index in [0.29, 0.717) is 18.4 Å². The highest BCUT2D eigenvalue weighted by molar-refractivity contribution is 8.18. The van der Waals surface area contributed by atoms with E-state index in [4.69, 9.17) is 0 Å². The lowest BCUT2D eigenvalue weighted by Gasteiger charge is -2.13. The molecule has 2 aromatic carbocycles. The summed E-state index contributed by atoms with van der Waals surface area (Å²) in [6.45, 7) is 4.37. The number of nitrogens with one attached hydrogen (secondary N) is 1. The van der Waals surface area contributed by atoms with Gasteiger partial charge in [-0.2, -0.15) is 0 Å². The minimum Gasteiger partial charge on any atom is -0.354 e. The highest BCUT2D eigenvalue weighted by atomic mass is 32.2. The zero-order valence-electron chi connectivity index (χ0n) is 16.9. The summed E-state index contributed by atoms with van der Waals surface area (Å²) >= 11 is 0.842. The van der Waals surface area contributed by atoms with E-state index in [9.17, 15) is 18.8 Å². The molecule has 156 valence electrons. The van der Waals surface area contributed by atoms with Crippen molar-refractivity contribution < 1.29 is 18.8 Å². The topological polar surface area (TPSA) is 66.5 Å². The molecule has 5 nitrogen and oxygen atoms in total. The molecule has 0 saturated carbocycles. The number of hydrogen-bond acceptors (Lipinski definition) is 4. The van der Waals surface area contributed by atoms with Crippen molar-refractivity contribution in [1.29, 1.82) is 0 Å².